The molecule has 0 amide bonds. The summed E-state index contributed by atoms with van der Waals surface area (Å²) in [5.74, 6) is -0.555. The van der Waals surface area contributed by atoms with Gasteiger partial charge in [0.25, 0.3) is 5.56 Å². The Morgan fingerprint density at radius 2 is 2.00 bits per heavy atom. The van der Waals surface area contributed by atoms with Crippen molar-refractivity contribution in [2.75, 3.05) is 7.11 Å². The zero-order chi connectivity index (χ0) is 14.7. The minimum atomic E-state index is -0.555. The van der Waals surface area contributed by atoms with Crippen molar-refractivity contribution in [2.45, 2.75) is 0 Å². The van der Waals surface area contributed by atoms with Crippen molar-refractivity contribution in [3.05, 3.63) is 55.4 Å². The zero-order valence-corrected chi connectivity index (χ0v) is 12.4. The topological polar surface area (TPSA) is 60.7 Å². The summed E-state index contributed by atoms with van der Waals surface area (Å²) in [7, 11) is 2.86. The summed E-state index contributed by atoms with van der Waals surface area (Å²) in [6, 6.07) is 8.09. The predicted octanol–water partition coefficient (Wildman–Crippen LogP) is 2.12. The first-order valence-electron chi connectivity index (χ1n) is 5.61. The predicted molar refractivity (Wildman–Crippen MR) is 77.6 cm³/mol. The lowest BCUT2D eigenvalue weighted by Gasteiger charge is -2.01. The number of halogens is 1. The summed E-state index contributed by atoms with van der Waals surface area (Å²) >= 11 is 6.89. The first-order chi connectivity index (χ1) is 9.51. The van der Waals surface area contributed by atoms with Crippen LogP contribution in [0.1, 0.15) is 9.67 Å². The van der Waals surface area contributed by atoms with Crippen molar-refractivity contribution in [3.8, 4) is 0 Å². The van der Waals surface area contributed by atoms with Gasteiger partial charge < -0.3 is 4.74 Å². The van der Waals surface area contributed by atoms with E-state index in [9.17, 15) is 9.59 Å². The third kappa shape index (κ3) is 3.15. The van der Waals surface area contributed by atoms with Gasteiger partial charge >= 0.3 is 5.97 Å². The van der Waals surface area contributed by atoms with Crippen LogP contribution in [-0.4, -0.2) is 17.6 Å². The van der Waals surface area contributed by atoms with E-state index in [1.165, 1.54) is 17.7 Å². The lowest BCUT2D eigenvalue weighted by molar-refractivity contribution is 0.0606. The largest absolute Gasteiger partial charge is 0.465 e. The van der Waals surface area contributed by atoms with Crippen LogP contribution in [0.4, 0.5) is 5.69 Å². The molecule has 1 heterocycles. The SMILES string of the molecule is COC(=O)c1cc(=O)n(C)c(=Nc2ccc(Cl)cc2)s1. The Bertz CT molecular complexity index is 762. The van der Waals surface area contributed by atoms with Crippen LogP contribution in [0.15, 0.2) is 40.1 Å². The van der Waals surface area contributed by atoms with Gasteiger partial charge in [-0.15, -0.1) is 0 Å². The molecule has 1 aromatic carbocycles. The third-order valence-electron chi connectivity index (χ3n) is 2.51. The highest BCUT2D eigenvalue weighted by atomic mass is 35.5. The van der Waals surface area contributed by atoms with Gasteiger partial charge in [0.1, 0.15) is 4.88 Å². The standard InChI is InChI=1S/C13H11ClN2O3S/c1-16-11(17)7-10(12(18)19-2)20-13(16)15-9-5-3-8(14)4-6-9/h3-7H,1-2H3. The van der Waals surface area contributed by atoms with Gasteiger partial charge in [-0.05, 0) is 24.3 Å². The number of methoxy groups -OCH3 is 1. The molecule has 0 spiro atoms. The quantitative estimate of drug-likeness (QED) is 0.798. The first-order valence-corrected chi connectivity index (χ1v) is 6.80. The molecule has 0 aliphatic rings. The minimum Gasteiger partial charge on any atom is -0.465 e. The molecule has 0 saturated carbocycles. The Labute approximate surface area is 123 Å². The van der Waals surface area contributed by atoms with E-state index < -0.39 is 5.97 Å². The summed E-state index contributed by atoms with van der Waals surface area (Å²) in [5.41, 5.74) is 0.319. The number of esters is 1. The number of carbonyl (C=O) groups is 1. The lowest BCUT2D eigenvalue weighted by atomic mass is 10.3. The van der Waals surface area contributed by atoms with Crippen molar-refractivity contribution < 1.29 is 9.53 Å². The van der Waals surface area contributed by atoms with Gasteiger partial charge in [-0.3, -0.25) is 9.36 Å². The summed E-state index contributed by atoms with van der Waals surface area (Å²) in [6.07, 6.45) is 0. The van der Waals surface area contributed by atoms with Crippen LogP contribution in [0.2, 0.25) is 5.02 Å². The van der Waals surface area contributed by atoms with Gasteiger partial charge in [0.2, 0.25) is 0 Å². The van der Waals surface area contributed by atoms with Crippen LogP contribution >= 0.6 is 22.9 Å². The normalized spacial score (nSPS) is 11.4. The molecule has 20 heavy (non-hydrogen) atoms. The molecule has 2 aromatic rings. The molecule has 0 N–H and O–H groups in total. The fourth-order valence-electron chi connectivity index (χ4n) is 1.42. The molecule has 0 atom stereocenters. The third-order valence-corrected chi connectivity index (χ3v) is 3.82. The molecule has 5 nitrogen and oxygen atoms in total. The van der Waals surface area contributed by atoms with Gasteiger partial charge in [-0.2, -0.15) is 0 Å². The van der Waals surface area contributed by atoms with Gasteiger partial charge in [-0.1, -0.05) is 22.9 Å². The van der Waals surface area contributed by atoms with Crippen LogP contribution in [-0.2, 0) is 11.8 Å². The molecule has 0 bridgehead atoms. The second-order valence-corrected chi connectivity index (χ2v) is 5.32. The molecule has 104 valence electrons. The Morgan fingerprint density at radius 1 is 1.35 bits per heavy atom. The Morgan fingerprint density at radius 3 is 2.60 bits per heavy atom. The van der Waals surface area contributed by atoms with E-state index in [-0.39, 0.29) is 10.4 Å². The fraction of sp³-hybridized carbons (Fsp3) is 0.154. The second-order valence-electron chi connectivity index (χ2n) is 3.87. The van der Waals surface area contributed by atoms with E-state index >= 15 is 0 Å². The smallest absolute Gasteiger partial charge is 0.348 e. The molecule has 0 saturated heterocycles. The average molecular weight is 311 g/mol. The number of benzene rings is 1. The highest BCUT2D eigenvalue weighted by Gasteiger charge is 2.09. The molecule has 0 aliphatic heterocycles. The summed E-state index contributed by atoms with van der Waals surface area (Å²) in [5, 5.41) is 0.602. The van der Waals surface area contributed by atoms with Crippen molar-refractivity contribution in [1.29, 1.82) is 0 Å². The van der Waals surface area contributed by atoms with Gasteiger partial charge in [0.15, 0.2) is 4.80 Å². The van der Waals surface area contributed by atoms with Crippen LogP contribution < -0.4 is 10.4 Å². The Balaban J connectivity index is 2.61. The van der Waals surface area contributed by atoms with Crippen LogP contribution in [0.5, 0.6) is 0 Å². The number of hydrogen-bond acceptors (Lipinski definition) is 5. The molecular formula is C13H11ClN2O3S. The monoisotopic (exact) mass is 310 g/mol. The molecule has 0 radical (unpaired) electrons. The average Bonchev–Trinajstić information content (AvgIpc) is 2.45. The maximum absolute atomic E-state index is 11.8. The number of nitrogens with zero attached hydrogens (tertiary/aromatic N) is 2. The number of rotatable bonds is 2. The lowest BCUT2D eigenvalue weighted by Crippen LogP contribution is -2.29. The Kier molecular flexibility index (Phi) is 4.36. The van der Waals surface area contributed by atoms with E-state index in [4.69, 9.17) is 11.6 Å². The van der Waals surface area contributed by atoms with Gasteiger partial charge in [0, 0.05) is 18.1 Å². The second kappa shape index (κ2) is 6.02. The first kappa shape index (κ1) is 14.5. The van der Waals surface area contributed by atoms with Crippen molar-refractivity contribution in [2.24, 2.45) is 12.0 Å². The van der Waals surface area contributed by atoms with Gasteiger partial charge in [-0.25, -0.2) is 9.79 Å². The Hall–Kier alpha value is -1.92. The van der Waals surface area contributed by atoms with E-state index in [0.29, 0.717) is 15.5 Å². The minimum absolute atomic E-state index is 0.211. The van der Waals surface area contributed by atoms with E-state index in [2.05, 4.69) is 9.73 Å². The molecule has 7 heteroatoms. The number of hydrogen-bond donors (Lipinski definition) is 0. The molecule has 0 fully saturated rings. The van der Waals surface area contributed by atoms with Crippen LogP contribution in [0.25, 0.3) is 0 Å². The highest BCUT2D eigenvalue weighted by molar-refractivity contribution is 7.11. The van der Waals surface area contributed by atoms with Gasteiger partial charge in [0.05, 0.1) is 12.8 Å². The molecule has 2 rings (SSSR count). The molecule has 1 aromatic heterocycles. The van der Waals surface area contributed by atoms with Crippen LogP contribution in [0.3, 0.4) is 0 Å². The molecular weight excluding hydrogens is 300 g/mol. The van der Waals surface area contributed by atoms with Crippen molar-refractivity contribution >= 4 is 34.6 Å². The van der Waals surface area contributed by atoms with E-state index in [0.717, 1.165) is 11.3 Å². The molecule has 0 aliphatic carbocycles. The maximum Gasteiger partial charge on any atom is 0.348 e. The molecule has 0 unspecified atom stereocenters. The van der Waals surface area contributed by atoms with Crippen LogP contribution in [0, 0.1) is 0 Å². The fourth-order valence-corrected chi connectivity index (χ4v) is 2.45. The maximum atomic E-state index is 11.8. The summed E-state index contributed by atoms with van der Waals surface area (Å²) in [6.45, 7) is 0. The number of aromatic nitrogens is 1. The number of ether oxygens (including phenoxy) is 1. The highest BCUT2D eigenvalue weighted by Crippen LogP contribution is 2.15. The van der Waals surface area contributed by atoms with Crippen molar-refractivity contribution in [1.82, 2.24) is 4.57 Å². The summed E-state index contributed by atoms with van der Waals surface area (Å²) < 4.78 is 5.98. The van der Waals surface area contributed by atoms with E-state index in [1.807, 2.05) is 0 Å². The number of carbonyl (C=O) groups excluding carboxylic acids is 1. The zero-order valence-electron chi connectivity index (χ0n) is 10.8. The van der Waals surface area contributed by atoms with Crippen molar-refractivity contribution in [3.63, 3.8) is 0 Å². The summed E-state index contributed by atoms with van der Waals surface area (Å²) in [4.78, 5) is 28.3. The van der Waals surface area contributed by atoms with E-state index in [1.54, 1.807) is 31.3 Å².